The number of nitrogens with two attached hydrogens (primary N) is 1. The maximum absolute atomic E-state index is 12.3. The lowest BCUT2D eigenvalue weighted by Gasteiger charge is -2.24. The fourth-order valence-electron chi connectivity index (χ4n) is 3.61. The Labute approximate surface area is 120 Å². The van der Waals surface area contributed by atoms with Gasteiger partial charge >= 0.3 is 0 Å². The van der Waals surface area contributed by atoms with Crippen LogP contribution in [0.1, 0.15) is 36.8 Å². The summed E-state index contributed by atoms with van der Waals surface area (Å²) in [5.41, 5.74) is 8.68. The van der Waals surface area contributed by atoms with Crippen LogP contribution < -0.4 is 11.1 Å². The molecule has 0 radical (unpaired) electrons. The maximum atomic E-state index is 12.3. The molecule has 3 rings (SSSR count). The molecule has 0 bridgehead atoms. The van der Waals surface area contributed by atoms with E-state index in [-0.39, 0.29) is 11.8 Å². The summed E-state index contributed by atoms with van der Waals surface area (Å²) < 4.78 is 0. The van der Waals surface area contributed by atoms with Crippen molar-refractivity contribution in [2.45, 2.75) is 44.6 Å². The molecule has 3 atom stereocenters. The van der Waals surface area contributed by atoms with Crippen molar-refractivity contribution in [2.24, 2.45) is 17.6 Å². The molecule has 1 aromatic carbocycles. The van der Waals surface area contributed by atoms with Gasteiger partial charge in [0.25, 0.3) is 0 Å². The number of carbonyl (C=O) groups is 1. The van der Waals surface area contributed by atoms with E-state index in [1.807, 2.05) is 0 Å². The highest BCUT2D eigenvalue weighted by Crippen LogP contribution is 2.26. The molecule has 0 aliphatic heterocycles. The highest BCUT2D eigenvalue weighted by Gasteiger charge is 2.26. The number of nitrogens with one attached hydrogen (secondary N) is 1. The smallest absolute Gasteiger partial charge is 0.223 e. The molecule has 3 N–H and O–H groups in total. The van der Waals surface area contributed by atoms with Crippen molar-refractivity contribution >= 4 is 5.91 Å². The fraction of sp³-hybridized carbons (Fsp3) is 0.588. The largest absolute Gasteiger partial charge is 0.356 e. The van der Waals surface area contributed by atoms with Gasteiger partial charge in [0, 0.05) is 18.5 Å². The van der Waals surface area contributed by atoms with Gasteiger partial charge in [-0.2, -0.15) is 0 Å². The fourth-order valence-corrected chi connectivity index (χ4v) is 3.61. The molecule has 108 valence electrons. The second-order valence-electron chi connectivity index (χ2n) is 6.39. The van der Waals surface area contributed by atoms with Crippen LogP contribution in [0.3, 0.4) is 0 Å². The number of amides is 1. The van der Waals surface area contributed by atoms with Gasteiger partial charge in [0.05, 0.1) is 0 Å². The van der Waals surface area contributed by atoms with Crippen LogP contribution in [0.5, 0.6) is 0 Å². The van der Waals surface area contributed by atoms with Crippen molar-refractivity contribution in [2.75, 3.05) is 6.54 Å². The number of hydrogen-bond donors (Lipinski definition) is 2. The molecule has 1 amide bonds. The normalized spacial score (nSPS) is 28.9. The van der Waals surface area contributed by atoms with Crippen LogP contribution in [-0.2, 0) is 17.6 Å². The molecule has 0 aromatic heterocycles. The first-order valence-corrected chi connectivity index (χ1v) is 7.82. The van der Waals surface area contributed by atoms with Crippen LogP contribution >= 0.6 is 0 Å². The van der Waals surface area contributed by atoms with Gasteiger partial charge in [-0.05, 0) is 55.6 Å². The molecule has 2 aliphatic carbocycles. The summed E-state index contributed by atoms with van der Waals surface area (Å²) in [6.07, 6.45) is 6.24. The molecule has 0 spiro atoms. The molecular formula is C17H24N2O. The van der Waals surface area contributed by atoms with Gasteiger partial charge in [-0.15, -0.1) is 0 Å². The minimum Gasteiger partial charge on any atom is -0.356 e. The number of fused-ring (bicyclic) bond motifs is 1. The number of rotatable bonds is 3. The van der Waals surface area contributed by atoms with E-state index >= 15 is 0 Å². The van der Waals surface area contributed by atoms with Gasteiger partial charge in [0.15, 0.2) is 0 Å². The summed E-state index contributed by atoms with van der Waals surface area (Å²) >= 11 is 0. The highest BCUT2D eigenvalue weighted by molar-refractivity contribution is 5.79. The average Bonchev–Trinajstić information content (AvgIpc) is 2.90. The van der Waals surface area contributed by atoms with E-state index in [2.05, 4.69) is 29.6 Å². The van der Waals surface area contributed by atoms with Crippen LogP contribution in [0.4, 0.5) is 0 Å². The minimum atomic E-state index is 0.153. The summed E-state index contributed by atoms with van der Waals surface area (Å²) in [4.78, 5) is 12.3. The van der Waals surface area contributed by atoms with Crippen molar-refractivity contribution in [3.8, 4) is 0 Å². The third-order valence-electron chi connectivity index (χ3n) is 4.86. The minimum absolute atomic E-state index is 0.153. The zero-order valence-corrected chi connectivity index (χ0v) is 12.0. The summed E-state index contributed by atoms with van der Waals surface area (Å²) in [6, 6.07) is 8.84. The average molecular weight is 272 g/mol. The number of aryl methyl sites for hydroxylation is 1. The van der Waals surface area contributed by atoms with E-state index in [0.717, 1.165) is 45.1 Å². The van der Waals surface area contributed by atoms with Crippen LogP contribution in [0.25, 0.3) is 0 Å². The van der Waals surface area contributed by atoms with Crippen LogP contribution in [0, 0.1) is 11.8 Å². The number of benzene rings is 1. The molecule has 0 heterocycles. The van der Waals surface area contributed by atoms with Crippen molar-refractivity contribution in [3.05, 3.63) is 35.4 Å². The zero-order chi connectivity index (χ0) is 13.9. The van der Waals surface area contributed by atoms with E-state index in [1.165, 1.54) is 11.1 Å². The SMILES string of the molecule is NC1CCC(CNC(=O)C2CCc3ccccc3C2)C1. The molecule has 1 saturated carbocycles. The monoisotopic (exact) mass is 272 g/mol. The Morgan fingerprint density at radius 2 is 2.00 bits per heavy atom. The molecule has 1 fully saturated rings. The van der Waals surface area contributed by atoms with Gasteiger partial charge in [-0.3, -0.25) is 4.79 Å². The Bertz CT molecular complexity index is 486. The molecule has 3 nitrogen and oxygen atoms in total. The highest BCUT2D eigenvalue weighted by atomic mass is 16.1. The second kappa shape index (κ2) is 5.96. The molecule has 0 saturated heterocycles. The predicted molar refractivity (Wildman–Crippen MR) is 80.3 cm³/mol. The van der Waals surface area contributed by atoms with E-state index in [0.29, 0.717) is 12.0 Å². The zero-order valence-electron chi connectivity index (χ0n) is 12.0. The molecule has 1 aromatic rings. The van der Waals surface area contributed by atoms with Gasteiger partial charge in [0.2, 0.25) is 5.91 Å². The standard InChI is InChI=1S/C17H24N2O/c18-16-8-5-12(9-16)11-19-17(20)15-7-6-13-3-1-2-4-14(13)10-15/h1-4,12,15-16H,5-11,18H2,(H,19,20). The van der Waals surface area contributed by atoms with Gasteiger partial charge in [-0.25, -0.2) is 0 Å². The summed E-state index contributed by atoms with van der Waals surface area (Å²) in [7, 11) is 0. The van der Waals surface area contributed by atoms with Crippen molar-refractivity contribution < 1.29 is 4.79 Å². The Morgan fingerprint density at radius 3 is 2.75 bits per heavy atom. The van der Waals surface area contributed by atoms with E-state index in [4.69, 9.17) is 5.73 Å². The maximum Gasteiger partial charge on any atom is 0.223 e. The Morgan fingerprint density at radius 1 is 1.20 bits per heavy atom. The lowest BCUT2D eigenvalue weighted by Crippen LogP contribution is -2.36. The Balaban J connectivity index is 1.51. The first-order valence-electron chi connectivity index (χ1n) is 7.82. The van der Waals surface area contributed by atoms with E-state index < -0.39 is 0 Å². The molecular weight excluding hydrogens is 248 g/mol. The summed E-state index contributed by atoms with van der Waals surface area (Å²) in [6.45, 7) is 0.810. The summed E-state index contributed by atoms with van der Waals surface area (Å²) in [5.74, 6) is 0.977. The molecule has 20 heavy (non-hydrogen) atoms. The first kappa shape index (κ1) is 13.6. The number of carbonyl (C=O) groups excluding carboxylic acids is 1. The Hall–Kier alpha value is -1.35. The van der Waals surface area contributed by atoms with Gasteiger partial charge in [0.1, 0.15) is 0 Å². The molecule has 3 heteroatoms. The van der Waals surface area contributed by atoms with Crippen LogP contribution in [0.2, 0.25) is 0 Å². The van der Waals surface area contributed by atoms with Crippen LogP contribution in [-0.4, -0.2) is 18.5 Å². The lowest BCUT2D eigenvalue weighted by molar-refractivity contribution is -0.125. The Kier molecular flexibility index (Phi) is 4.06. The molecule has 2 aliphatic rings. The lowest BCUT2D eigenvalue weighted by atomic mass is 9.83. The van der Waals surface area contributed by atoms with E-state index in [9.17, 15) is 4.79 Å². The predicted octanol–water partition coefficient (Wildman–Crippen LogP) is 2.04. The van der Waals surface area contributed by atoms with Crippen molar-refractivity contribution in [1.29, 1.82) is 0 Å². The van der Waals surface area contributed by atoms with Gasteiger partial charge in [-0.1, -0.05) is 24.3 Å². The summed E-state index contributed by atoms with van der Waals surface area (Å²) in [5, 5.41) is 3.15. The number of hydrogen-bond acceptors (Lipinski definition) is 2. The molecule has 3 unspecified atom stereocenters. The topological polar surface area (TPSA) is 55.1 Å². The second-order valence-corrected chi connectivity index (χ2v) is 6.39. The van der Waals surface area contributed by atoms with Crippen molar-refractivity contribution in [3.63, 3.8) is 0 Å². The third-order valence-corrected chi connectivity index (χ3v) is 4.86. The quantitative estimate of drug-likeness (QED) is 0.884. The van der Waals surface area contributed by atoms with E-state index in [1.54, 1.807) is 0 Å². The van der Waals surface area contributed by atoms with Gasteiger partial charge < -0.3 is 11.1 Å². The first-order chi connectivity index (χ1) is 9.72. The van der Waals surface area contributed by atoms with Crippen LogP contribution in [0.15, 0.2) is 24.3 Å². The van der Waals surface area contributed by atoms with Crippen molar-refractivity contribution in [1.82, 2.24) is 5.32 Å². The third kappa shape index (κ3) is 3.04.